The number of benzene rings is 1. The fraction of sp³-hybridized carbons (Fsp3) is 0.143. The topological polar surface area (TPSA) is 49.7 Å². The monoisotopic (exact) mass is 236 g/mol. The van der Waals surface area contributed by atoms with Gasteiger partial charge in [0.05, 0.1) is 6.61 Å². The smallest absolute Gasteiger partial charge is 0.327 e. The van der Waals surface area contributed by atoms with Gasteiger partial charge in [-0.05, 0) is 5.56 Å². The van der Waals surface area contributed by atoms with Gasteiger partial charge in [-0.1, -0.05) is 30.3 Å². The third-order valence-corrected chi connectivity index (χ3v) is 1.55. The molecule has 62 valence electrons. The van der Waals surface area contributed by atoms with Crippen molar-refractivity contribution in [2.45, 2.75) is 6.61 Å². The zero-order chi connectivity index (χ0) is 8.10. The van der Waals surface area contributed by atoms with Crippen LogP contribution in [0.4, 0.5) is 0 Å². The normalized spacial score (nSPS) is 9.58. The van der Waals surface area contributed by atoms with Gasteiger partial charge in [0.2, 0.25) is 0 Å². The van der Waals surface area contributed by atoms with Crippen LogP contribution in [-0.4, -0.2) is 9.79 Å². The Morgan fingerprint density at radius 3 is 2.25 bits per heavy atom. The molecule has 1 aromatic carbocycles. The van der Waals surface area contributed by atoms with Crippen LogP contribution in [0.15, 0.2) is 30.3 Å². The quantitative estimate of drug-likeness (QED) is 0.617. The van der Waals surface area contributed by atoms with Crippen molar-refractivity contribution in [3.8, 4) is 0 Å². The van der Waals surface area contributed by atoms with Crippen molar-refractivity contribution in [1.29, 1.82) is 0 Å². The van der Waals surface area contributed by atoms with E-state index in [1.54, 1.807) is 0 Å². The third-order valence-electron chi connectivity index (χ3n) is 1.19. The Morgan fingerprint density at radius 1 is 1.17 bits per heavy atom. The molecule has 5 heteroatoms. The van der Waals surface area contributed by atoms with Gasteiger partial charge in [-0.15, -0.1) is 0 Å². The zero-order valence-corrected chi connectivity index (χ0v) is 10.4. The molecule has 0 aliphatic rings. The number of hydrogen-bond donors (Lipinski definition) is 2. The van der Waals surface area contributed by atoms with Crippen LogP contribution in [0.5, 0.6) is 0 Å². The van der Waals surface area contributed by atoms with Gasteiger partial charge >= 0.3 is 8.60 Å². The first kappa shape index (κ1) is 12.2. The molecule has 0 heterocycles. The van der Waals surface area contributed by atoms with E-state index in [4.69, 9.17) is 9.79 Å². The Balaban J connectivity index is 0.00000121. The molecule has 2 N–H and O–H groups in total. The predicted molar refractivity (Wildman–Crippen MR) is 42.6 cm³/mol. The molecule has 0 radical (unpaired) electrons. The molecule has 0 spiro atoms. The summed E-state index contributed by atoms with van der Waals surface area (Å²) in [4.78, 5) is 16.8. The SMILES string of the molecule is OP(O)OCc1ccccc1.[Zn]. The Hall–Kier alpha value is 0.153. The summed E-state index contributed by atoms with van der Waals surface area (Å²) in [6, 6.07) is 9.35. The molecule has 0 amide bonds. The van der Waals surface area contributed by atoms with Crippen LogP contribution in [0.2, 0.25) is 0 Å². The Bertz CT molecular complexity index is 205. The van der Waals surface area contributed by atoms with E-state index in [-0.39, 0.29) is 26.1 Å². The fourth-order valence-electron chi connectivity index (χ4n) is 0.707. The fourth-order valence-corrected chi connectivity index (χ4v) is 0.971. The van der Waals surface area contributed by atoms with Crippen molar-refractivity contribution in [2.24, 2.45) is 0 Å². The molecule has 0 atom stereocenters. The molecule has 0 unspecified atom stereocenters. The first-order valence-corrected chi connectivity index (χ1v) is 4.30. The average Bonchev–Trinajstić information content (AvgIpc) is 2.03. The van der Waals surface area contributed by atoms with Gasteiger partial charge in [0, 0.05) is 19.5 Å². The van der Waals surface area contributed by atoms with Crippen molar-refractivity contribution in [2.75, 3.05) is 0 Å². The van der Waals surface area contributed by atoms with Crippen molar-refractivity contribution in [3.63, 3.8) is 0 Å². The summed E-state index contributed by atoms with van der Waals surface area (Å²) in [5.41, 5.74) is 0.933. The maximum absolute atomic E-state index is 8.41. The molecule has 0 saturated heterocycles. The minimum absolute atomic E-state index is 0. The second-order valence-electron chi connectivity index (χ2n) is 2.01. The van der Waals surface area contributed by atoms with E-state index in [0.717, 1.165) is 5.56 Å². The predicted octanol–water partition coefficient (Wildman–Crippen LogP) is 1.41. The first-order chi connectivity index (χ1) is 5.29. The second kappa shape index (κ2) is 6.65. The zero-order valence-electron chi connectivity index (χ0n) is 6.55. The molecular weight excluding hydrogens is 228 g/mol. The van der Waals surface area contributed by atoms with Gasteiger partial charge in [-0.2, -0.15) is 0 Å². The van der Waals surface area contributed by atoms with Gasteiger partial charge in [0.25, 0.3) is 0 Å². The van der Waals surface area contributed by atoms with Crippen molar-refractivity contribution in [1.82, 2.24) is 0 Å². The number of hydrogen-bond acceptors (Lipinski definition) is 3. The average molecular weight is 238 g/mol. The van der Waals surface area contributed by atoms with E-state index in [1.165, 1.54) is 0 Å². The van der Waals surface area contributed by atoms with E-state index in [1.807, 2.05) is 30.3 Å². The summed E-state index contributed by atoms with van der Waals surface area (Å²) in [6.45, 7) is 0.250. The summed E-state index contributed by atoms with van der Waals surface area (Å²) in [6.07, 6.45) is 0. The molecule has 12 heavy (non-hydrogen) atoms. The van der Waals surface area contributed by atoms with Crippen molar-refractivity contribution in [3.05, 3.63) is 35.9 Å². The molecule has 0 aromatic heterocycles. The molecule has 0 saturated carbocycles. The summed E-state index contributed by atoms with van der Waals surface area (Å²) in [5.74, 6) is 0. The van der Waals surface area contributed by atoms with Crippen LogP contribution >= 0.6 is 8.60 Å². The Kier molecular flexibility index (Phi) is 6.73. The number of rotatable bonds is 3. The molecule has 0 aliphatic heterocycles. The maximum atomic E-state index is 8.41. The molecule has 0 fully saturated rings. The minimum Gasteiger partial charge on any atom is -0.328 e. The Labute approximate surface area is 85.1 Å². The van der Waals surface area contributed by atoms with Crippen LogP contribution in [0.3, 0.4) is 0 Å². The van der Waals surface area contributed by atoms with E-state index >= 15 is 0 Å². The van der Waals surface area contributed by atoms with E-state index in [0.29, 0.717) is 0 Å². The molecule has 3 nitrogen and oxygen atoms in total. The van der Waals surface area contributed by atoms with Crippen LogP contribution in [0.1, 0.15) is 5.56 Å². The van der Waals surface area contributed by atoms with Crippen LogP contribution in [-0.2, 0) is 30.6 Å². The molecule has 0 bridgehead atoms. The van der Waals surface area contributed by atoms with E-state index in [9.17, 15) is 0 Å². The summed E-state index contributed by atoms with van der Waals surface area (Å²) in [7, 11) is -2.22. The Morgan fingerprint density at radius 2 is 1.75 bits per heavy atom. The van der Waals surface area contributed by atoms with Gasteiger partial charge < -0.3 is 14.3 Å². The summed E-state index contributed by atoms with van der Waals surface area (Å²) >= 11 is 0. The van der Waals surface area contributed by atoms with Crippen LogP contribution in [0, 0.1) is 0 Å². The summed E-state index contributed by atoms with van der Waals surface area (Å²) in [5, 5.41) is 0. The van der Waals surface area contributed by atoms with Gasteiger partial charge in [0.15, 0.2) is 0 Å². The largest absolute Gasteiger partial charge is 0.328 e. The summed E-state index contributed by atoms with van der Waals surface area (Å²) < 4.78 is 4.60. The first-order valence-electron chi connectivity index (χ1n) is 3.14. The van der Waals surface area contributed by atoms with E-state index in [2.05, 4.69) is 4.52 Å². The van der Waals surface area contributed by atoms with Crippen LogP contribution < -0.4 is 0 Å². The van der Waals surface area contributed by atoms with Gasteiger partial charge in [0.1, 0.15) is 0 Å². The molecule has 1 rings (SSSR count). The minimum atomic E-state index is -2.22. The van der Waals surface area contributed by atoms with Gasteiger partial charge in [-0.3, -0.25) is 0 Å². The van der Waals surface area contributed by atoms with Crippen LogP contribution in [0.25, 0.3) is 0 Å². The van der Waals surface area contributed by atoms with Gasteiger partial charge in [-0.25, -0.2) is 0 Å². The maximum Gasteiger partial charge on any atom is 0.327 e. The standard InChI is InChI=1S/C7H9O3P.Zn/c8-11(9)10-6-7-4-2-1-3-5-7;/h1-5,8-9H,6H2;. The second-order valence-corrected chi connectivity index (χ2v) is 2.78. The molecule has 1 aromatic rings. The van der Waals surface area contributed by atoms with E-state index < -0.39 is 8.60 Å². The van der Waals surface area contributed by atoms with Crippen molar-refractivity contribution < 1.29 is 33.8 Å². The van der Waals surface area contributed by atoms with Crippen molar-refractivity contribution >= 4 is 8.60 Å². The molecular formula is C7H9O3PZn. The third kappa shape index (κ3) is 4.92. The molecule has 0 aliphatic carbocycles.